The molecule has 1 saturated carbocycles. The predicted octanol–water partition coefficient (Wildman–Crippen LogP) is 4.33. The number of hydrogen-bond donors (Lipinski definition) is 0. The molecule has 2 rings (SSSR count). The molecule has 0 aromatic carbocycles. The van der Waals surface area contributed by atoms with Gasteiger partial charge < -0.3 is 4.74 Å². The Hall–Kier alpha value is -0.300. The normalized spacial score (nSPS) is 43.2. The van der Waals surface area contributed by atoms with Crippen molar-refractivity contribution in [3.05, 3.63) is 11.6 Å². The minimum atomic E-state index is 0.0446. The Labute approximate surface area is 100 Å². The molecular formula is C15H26O. The smallest absolute Gasteiger partial charge is 0.0876 e. The average Bonchev–Trinajstić information content (AvgIpc) is 1.93. The number of ether oxygens (including phenoxy) is 1. The zero-order chi connectivity index (χ0) is 12.0. The Balaban J connectivity index is 2.26. The number of hydrogen-bond acceptors (Lipinski definition) is 1. The standard InChI is InChI=1S/C15H26O/c1-11-6-13(3)16-15(8-11)9-12(2)7-14(4,5)10-15/h8,12-13H,6-7,9-10H2,1-5H3. The molecule has 1 nitrogen and oxygen atoms in total. The summed E-state index contributed by atoms with van der Waals surface area (Å²) in [5.41, 5.74) is 1.98. The van der Waals surface area contributed by atoms with E-state index in [2.05, 4.69) is 40.7 Å². The van der Waals surface area contributed by atoms with Gasteiger partial charge in [0.05, 0.1) is 11.7 Å². The summed E-state index contributed by atoms with van der Waals surface area (Å²) in [6.07, 6.45) is 7.65. The van der Waals surface area contributed by atoms with Gasteiger partial charge in [0.2, 0.25) is 0 Å². The van der Waals surface area contributed by atoms with Crippen LogP contribution in [0.2, 0.25) is 0 Å². The number of rotatable bonds is 0. The molecule has 0 radical (unpaired) electrons. The SMILES string of the molecule is CC1=CC2(CC(C)CC(C)(C)C2)OC(C)C1. The first-order valence-corrected chi connectivity index (χ1v) is 6.66. The molecule has 1 heterocycles. The molecule has 1 heteroatoms. The Morgan fingerprint density at radius 2 is 1.94 bits per heavy atom. The zero-order valence-electron chi connectivity index (χ0n) is 11.5. The molecule has 0 N–H and O–H groups in total. The molecule has 0 bridgehead atoms. The molecule has 3 atom stereocenters. The van der Waals surface area contributed by atoms with Crippen molar-refractivity contribution in [2.24, 2.45) is 11.3 Å². The van der Waals surface area contributed by atoms with Crippen molar-refractivity contribution >= 4 is 0 Å². The van der Waals surface area contributed by atoms with E-state index in [1.54, 1.807) is 0 Å². The van der Waals surface area contributed by atoms with Crippen LogP contribution < -0.4 is 0 Å². The third-order valence-corrected chi connectivity index (χ3v) is 3.93. The van der Waals surface area contributed by atoms with Crippen molar-refractivity contribution < 1.29 is 4.74 Å². The fraction of sp³-hybridized carbons (Fsp3) is 0.867. The van der Waals surface area contributed by atoms with Gasteiger partial charge in [-0.25, -0.2) is 0 Å². The lowest BCUT2D eigenvalue weighted by Crippen LogP contribution is -2.46. The van der Waals surface area contributed by atoms with Crippen molar-refractivity contribution in [3.63, 3.8) is 0 Å². The fourth-order valence-corrected chi connectivity index (χ4v) is 4.20. The van der Waals surface area contributed by atoms with Gasteiger partial charge in [0.15, 0.2) is 0 Å². The summed E-state index contributed by atoms with van der Waals surface area (Å²) in [6.45, 7) is 11.6. The summed E-state index contributed by atoms with van der Waals surface area (Å²) in [4.78, 5) is 0. The molecule has 2 aliphatic rings. The van der Waals surface area contributed by atoms with Crippen LogP contribution in [-0.2, 0) is 4.74 Å². The maximum Gasteiger partial charge on any atom is 0.0876 e. The van der Waals surface area contributed by atoms with Gasteiger partial charge in [-0.05, 0) is 50.9 Å². The van der Waals surface area contributed by atoms with Gasteiger partial charge in [0.1, 0.15) is 0 Å². The molecule has 1 aliphatic heterocycles. The van der Waals surface area contributed by atoms with E-state index in [1.807, 2.05) is 0 Å². The molecule has 0 amide bonds. The van der Waals surface area contributed by atoms with Crippen LogP contribution in [0.25, 0.3) is 0 Å². The minimum Gasteiger partial charge on any atom is -0.368 e. The van der Waals surface area contributed by atoms with E-state index < -0.39 is 0 Å². The molecule has 0 saturated heterocycles. The van der Waals surface area contributed by atoms with Gasteiger partial charge in [0.25, 0.3) is 0 Å². The van der Waals surface area contributed by atoms with Gasteiger partial charge in [-0.15, -0.1) is 0 Å². The second-order valence-electron chi connectivity index (χ2n) is 7.04. The summed E-state index contributed by atoms with van der Waals surface area (Å²) in [5, 5.41) is 0. The average molecular weight is 222 g/mol. The van der Waals surface area contributed by atoms with Crippen molar-refractivity contribution in [3.8, 4) is 0 Å². The van der Waals surface area contributed by atoms with Gasteiger partial charge >= 0.3 is 0 Å². The summed E-state index contributed by atoms with van der Waals surface area (Å²) in [5.74, 6) is 0.776. The van der Waals surface area contributed by atoms with Gasteiger partial charge in [-0.2, -0.15) is 0 Å². The molecule has 92 valence electrons. The van der Waals surface area contributed by atoms with Crippen LogP contribution in [-0.4, -0.2) is 11.7 Å². The monoisotopic (exact) mass is 222 g/mol. The fourth-order valence-electron chi connectivity index (χ4n) is 4.20. The first-order valence-electron chi connectivity index (χ1n) is 6.66. The van der Waals surface area contributed by atoms with Gasteiger partial charge in [-0.3, -0.25) is 0 Å². The third kappa shape index (κ3) is 2.51. The second kappa shape index (κ2) is 3.87. The Morgan fingerprint density at radius 1 is 1.25 bits per heavy atom. The van der Waals surface area contributed by atoms with E-state index in [0.717, 1.165) is 12.3 Å². The largest absolute Gasteiger partial charge is 0.368 e. The van der Waals surface area contributed by atoms with Crippen LogP contribution in [0, 0.1) is 11.3 Å². The van der Waals surface area contributed by atoms with E-state index in [1.165, 1.54) is 24.8 Å². The van der Waals surface area contributed by atoms with Crippen LogP contribution in [0.1, 0.15) is 60.3 Å². The Bertz CT molecular complexity index is 303. The van der Waals surface area contributed by atoms with Crippen LogP contribution in [0.3, 0.4) is 0 Å². The van der Waals surface area contributed by atoms with Crippen LogP contribution in [0.5, 0.6) is 0 Å². The van der Waals surface area contributed by atoms with Crippen LogP contribution >= 0.6 is 0 Å². The lowest BCUT2D eigenvalue weighted by Gasteiger charge is -2.49. The van der Waals surface area contributed by atoms with E-state index in [0.29, 0.717) is 11.5 Å². The first-order chi connectivity index (χ1) is 7.30. The maximum atomic E-state index is 6.31. The molecule has 0 aromatic rings. The van der Waals surface area contributed by atoms with E-state index in [4.69, 9.17) is 4.74 Å². The molecule has 16 heavy (non-hydrogen) atoms. The summed E-state index contributed by atoms with van der Waals surface area (Å²) < 4.78 is 6.31. The lowest BCUT2D eigenvalue weighted by atomic mass is 9.64. The van der Waals surface area contributed by atoms with Crippen molar-refractivity contribution in [2.75, 3.05) is 0 Å². The van der Waals surface area contributed by atoms with E-state index in [-0.39, 0.29) is 5.60 Å². The predicted molar refractivity (Wildman–Crippen MR) is 68.4 cm³/mol. The Kier molecular flexibility index (Phi) is 2.94. The van der Waals surface area contributed by atoms with E-state index >= 15 is 0 Å². The highest BCUT2D eigenvalue weighted by molar-refractivity contribution is 5.17. The molecule has 1 aliphatic carbocycles. The van der Waals surface area contributed by atoms with Gasteiger partial charge in [-0.1, -0.05) is 32.4 Å². The lowest BCUT2D eigenvalue weighted by molar-refractivity contribution is -0.118. The topological polar surface area (TPSA) is 9.23 Å². The summed E-state index contributed by atoms with van der Waals surface area (Å²) in [6, 6.07) is 0. The minimum absolute atomic E-state index is 0.0446. The van der Waals surface area contributed by atoms with Crippen molar-refractivity contribution in [1.82, 2.24) is 0 Å². The maximum absolute atomic E-state index is 6.31. The van der Waals surface area contributed by atoms with Crippen molar-refractivity contribution in [1.29, 1.82) is 0 Å². The molecular weight excluding hydrogens is 196 g/mol. The van der Waals surface area contributed by atoms with Crippen LogP contribution in [0.4, 0.5) is 0 Å². The van der Waals surface area contributed by atoms with E-state index in [9.17, 15) is 0 Å². The van der Waals surface area contributed by atoms with Crippen molar-refractivity contribution in [2.45, 2.75) is 72.0 Å². The summed E-state index contributed by atoms with van der Waals surface area (Å²) >= 11 is 0. The highest BCUT2D eigenvalue weighted by Gasteiger charge is 2.44. The third-order valence-electron chi connectivity index (χ3n) is 3.93. The quantitative estimate of drug-likeness (QED) is 0.554. The highest BCUT2D eigenvalue weighted by atomic mass is 16.5. The molecule has 1 spiro atoms. The van der Waals surface area contributed by atoms with Crippen LogP contribution in [0.15, 0.2) is 11.6 Å². The first kappa shape index (κ1) is 12.2. The summed E-state index contributed by atoms with van der Waals surface area (Å²) in [7, 11) is 0. The molecule has 0 aromatic heterocycles. The Morgan fingerprint density at radius 3 is 2.50 bits per heavy atom. The molecule has 1 fully saturated rings. The molecule has 3 unspecified atom stereocenters. The zero-order valence-corrected chi connectivity index (χ0v) is 11.5. The highest BCUT2D eigenvalue weighted by Crippen LogP contribution is 2.48. The second-order valence-corrected chi connectivity index (χ2v) is 7.04. The van der Waals surface area contributed by atoms with Gasteiger partial charge in [0, 0.05) is 0 Å².